The van der Waals surface area contributed by atoms with Crippen LogP contribution in [0.2, 0.25) is 0 Å². The number of hydrogen-bond acceptors (Lipinski definition) is 9. The molecule has 0 aliphatic carbocycles. The molecule has 0 radical (unpaired) electrons. The number of para-hydroxylation sites is 2. The van der Waals surface area contributed by atoms with Gasteiger partial charge in [0.05, 0.1) is 35.5 Å². The molecule has 0 spiro atoms. The van der Waals surface area contributed by atoms with Gasteiger partial charge in [0.1, 0.15) is 35.1 Å². The van der Waals surface area contributed by atoms with Crippen LogP contribution in [-0.4, -0.2) is 60.6 Å². The zero-order chi connectivity index (χ0) is 42.3. The van der Waals surface area contributed by atoms with Gasteiger partial charge in [0, 0.05) is 68.9 Å². The molecule has 4 heterocycles. The number of fused-ring (bicyclic) bond motifs is 2. The second-order valence-electron chi connectivity index (χ2n) is 13.9. The maximum absolute atomic E-state index is 9.81. The van der Waals surface area contributed by atoms with Gasteiger partial charge in [-0.05, 0) is 77.4 Å². The Morgan fingerprint density at radius 1 is 0.459 bits per heavy atom. The van der Waals surface area contributed by atoms with Crippen molar-refractivity contribution in [3.05, 3.63) is 152 Å². The SMILES string of the molecule is COc1cc(-c2cnc3[nH]cc(-c4ccccc4OC)c3c2)ccc1O.COc1ccc(COc2ccc(-c3cnc4[nH]cc(-c5ccccc5OC)c4c3)cc2OC)cc1. The van der Waals surface area contributed by atoms with E-state index in [4.69, 9.17) is 28.4 Å². The van der Waals surface area contributed by atoms with Crippen molar-refractivity contribution in [3.63, 3.8) is 0 Å². The van der Waals surface area contributed by atoms with E-state index in [1.54, 1.807) is 46.8 Å². The van der Waals surface area contributed by atoms with Crippen molar-refractivity contribution in [1.82, 2.24) is 19.9 Å². The van der Waals surface area contributed by atoms with Crippen molar-refractivity contribution >= 4 is 22.1 Å². The van der Waals surface area contributed by atoms with Crippen LogP contribution >= 0.6 is 0 Å². The maximum atomic E-state index is 9.81. The number of benzene rings is 5. The molecule has 0 aliphatic heterocycles. The Morgan fingerprint density at radius 3 is 1.49 bits per heavy atom. The van der Waals surface area contributed by atoms with Crippen LogP contribution < -0.4 is 28.4 Å². The first-order valence-corrected chi connectivity index (χ1v) is 19.4. The number of rotatable bonds is 12. The predicted octanol–water partition coefficient (Wildman–Crippen LogP) is 11.1. The third-order valence-electron chi connectivity index (χ3n) is 10.4. The first kappa shape index (κ1) is 39.9. The average Bonchev–Trinajstić information content (AvgIpc) is 3.95. The molecule has 61 heavy (non-hydrogen) atoms. The molecule has 0 saturated carbocycles. The van der Waals surface area contributed by atoms with E-state index in [1.165, 1.54) is 7.11 Å². The smallest absolute Gasteiger partial charge is 0.161 e. The van der Waals surface area contributed by atoms with Gasteiger partial charge in [0.15, 0.2) is 23.0 Å². The van der Waals surface area contributed by atoms with Crippen LogP contribution in [0.5, 0.6) is 40.2 Å². The minimum Gasteiger partial charge on any atom is -0.504 e. The highest BCUT2D eigenvalue weighted by molar-refractivity contribution is 5.98. The average molecular weight is 813 g/mol. The van der Waals surface area contributed by atoms with Crippen molar-refractivity contribution in [2.24, 2.45) is 0 Å². The molecule has 9 aromatic rings. The second-order valence-corrected chi connectivity index (χ2v) is 13.9. The number of aromatic amines is 2. The fourth-order valence-electron chi connectivity index (χ4n) is 7.21. The summed E-state index contributed by atoms with van der Waals surface area (Å²) in [6.07, 6.45) is 7.57. The van der Waals surface area contributed by atoms with E-state index in [0.29, 0.717) is 23.9 Å². The predicted molar refractivity (Wildman–Crippen MR) is 239 cm³/mol. The number of methoxy groups -OCH3 is 5. The van der Waals surface area contributed by atoms with Gasteiger partial charge in [0.25, 0.3) is 0 Å². The number of pyridine rings is 2. The van der Waals surface area contributed by atoms with E-state index < -0.39 is 0 Å². The number of phenolic OH excluding ortho intramolecular Hbond substituents is 1. The van der Waals surface area contributed by atoms with Gasteiger partial charge in [-0.1, -0.05) is 60.7 Å². The van der Waals surface area contributed by atoms with Crippen LogP contribution in [0.3, 0.4) is 0 Å². The van der Waals surface area contributed by atoms with Crippen LogP contribution in [0.1, 0.15) is 5.56 Å². The molecule has 11 nitrogen and oxygen atoms in total. The van der Waals surface area contributed by atoms with E-state index in [1.807, 2.05) is 116 Å². The quantitative estimate of drug-likeness (QED) is 0.110. The highest BCUT2D eigenvalue weighted by atomic mass is 16.5. The Kier molecular flexibility index (Phi) is 11.7. The topological polar surface area (TPSA) is 133 Å². The zero-order valence-electron chi connectivity index (χ0n) is 34.4. The highest BCUT2D eigenvalue weighted by Crippen LogP contribution is 2.39. The van der Waals surface area contributed by atoms with Gasteiger partial charge >= 0.3 is 0 Å². The molecule has 0 aliphatic rings. The van der Waals surface area contributed by atoms with Gasteiger partial charge < -0.3 is 43.5 Å². The summed E-state index contributed by atoms with van der Waals surface area (Å²) < 4.78 is 33.2. The van der Waals surface area contributed by atoms with Crippen LogP contribution in [0, 0.1) is 0 Å². The summed E-state index contributed by atoms with van der Waals surface area (Å²) in [4.78, 5) is 15.7. The van der Waals surface area contributed by atoms with Crippen molar-refractivity contribution < 1.29 is 33.5 Å². The van der Waals surface area contributed by atoms with Gasteiger partial charge in [0.2, 0.25) is 0 Å². The Balaban J connectivity index is 0.000000176. The standard InChI is InChI=1S/C29H26N2O4.C21H18N2O3/c1-32-22-11-8-19(9-12-22)18-35-27-13-10-20(15-28(27)34-3)21-14-24-25(17-31-29(24)30-16-21)23-6-4-5-7-26(23)33-2;1-25-19-6-4-3-5-15(19)17-12-23-21-16(17)9-14(11-22-21)13-7-8-18(24)20(10-13)26-2/h4-17H,18H2,1-3H3,(H,30,31);3-12,24H,1-2H3,(H,22,23). The first-order chi connectivity index (χ1) is 29.9. The molecule has 0 fully saturated rings. The van der Waals surface area contributed by atoms with Gasteiger partial charge in [-0.15, -0.1) is 0 Å². The Morgan fingerprint density at radius 2 is 0.967 bits per heavy atom. The fraction of sp³-hybridized carbons (Fsp3) is 0.120. The van der Waals surface area contributed by atoms with Crippen LogP contribution in [0.25, 0.3) is 66.6 Å². The normalized spacial score (nSPS) is 10.8. The lowest BCUT2D eigenvalue weighted by molar-refractivity contribution is 0.284. The number of ether oxygens (including phenoxy) is 6. The molecular formula is C50H44N4O7. The maximum Gasteiger partial charge on any atom is 0.161 e. The number of aromatic nitrogens is 4. The first-order valence-electron chi connectivity index (χ1n) is 19.4. The lowest BCUT2D eigenvalue weighted by Gasteiger charge is -2.13. The molecule has 11 heteroatoms. The lowest BCUT2D eigenvalue weighted by atomic mass is 10.0. The minimum atomic E-state index is 0.113. The zero-order valence-corrected chi connectivity index (χ0v) is 34.4. The molecule has 9 rings (SSSR count). The number of H-pyrrole nitrogens is 2. The summed E-state index contributed by atoms with van der Waals surface area (Å²) in [7, 11) is 8.18. The molecule has 4 aromatic heterocycles. The highest BCUT2D eigenvalue weighted by Gasteiger charge is 2.16. The van der Waals surface area contributed by atoms with Crippen molar-refractivity contribution in [1.29, 1.82) is 0 Å². The molecule has 0 saturated heterocycles. The van der Waals surface area contributed by atoms with Gasteiger partial charge in [-0.3, -0.25) is 0 Å². The van der Waals surface area contributed by atoms with Crippen molar-refractivity contribution in [2.75, 3.05) is 35.5 Å². The molecule has 0 unspecified atom stereocenters. The molecule has 3 N–H and O–H groups in total. The van der Waals surface area contributed by atoms with E-state index in [2.05, 4.69) is 32.1 Å². The summed E-state index contributed by atoms with van der Waals surface area (Å²) in [5, 5.41) is 11.8. The number of nitrogens with one attached hydrogen (secondary N) is 2. The molecule has 0 atom stereocenters. The summed E-state index contributed by atoms with van der Waals surface area (Å²) in [6, 6.07) is 39.1. The van der Waals surface area contributed by atoms with Crippen molar-refractivity contribution in [2.45, 2.75) is 6.61 Å². The summed E-state index contributed by atoms with van der Waals surface area (Å²) in [5.41, 5.74) is 10.6. The van der Waals surface area contributed by atoms with Crippen molar-refractivity contribution in [3.8, 4) is 84.8 Å². The molecule has 0 bridgehead atoms. The number of hydrogen-bond donors (Lipinski definition) is 3. The molecule has 5 aromatic carbocycles. The largest absolute Gasteiger partial charge is 0.504 e. The second kappa shape index (κ2) is 17.9. The third kappa shape index (κ3) is 8.35. The third-order valence-corrected chi connectivity index (χ3v) is 10.4. The van der Waals surface area contributed by atoms with E-state index in [-0.39, 0.29) is 5.75 Å². The minimum absolute atomic E-state index is 0.113. The van der Waals surface area contributed by atoms with Crippen LogP contribution in [0.15, 0.2) is 146 Å². The Labute approximate surface area is 353 Å². The molecule has 0 amide bonds. The summed E-state index contributed by atoms with van der Waals surface area (Å²) >= 11 is 0. The van der Waals surface area contributed by atoms with Gasteiger partial charge in [-0.25, -0.2) is 9.97 Å². The van der Waals surface area contributed by atoms with E-state index in [9.17, 15) is 5.11 Å². The van der Waals surface area contributed by atoms with E-state index >= 15 is 0 Å². The molecular weight excluding hydrogens is 769 g/mol. The summed E-state index contributed by atoms with van der Waals surface area (Å²) in [5.74, 6) is 4.33. The summed E-state index contributed by atoms with van der Waals surface area (Å²) in [6.45, 7) is 0.429. The number of nitrogens with zero attached hydrogens (tertiary/aromatic N) is 2. The van der Waals surface area contributed by atoms with E-state index in [0.717, 1.165) is 89.4 Å². The van der Waals surface area contributed by atoms with Crippen LogP contribution in [-0.2, 0) is 6.61 Å². The molecule has 306 valence electrons. The Bertz CT molecular complexity index is 2940. The number of aromatic hydroxyl groups is 1. The van der Waals surface area contributed by atoms with Crippen LogP contribution in [0.4, 0.5) is 0 Å². The fourth-order valence-corrected chi connectivity index (χ4v) is 7.21. The lowest BCUT2D eigenvalue weighted by Crippen LogP contribution is -1.98. The number of phenols is 1. The van der Waals surface area contributed by atoms with Gasteiger partial charge in [-0.2, -0.15) is 0 Å². The monoisotopic (exact) mass is 812 g/mol. The Hall–Kier alpha value is -7.92.